The van der Waals surface area contributed by atoms with Crippen molar-refractivity contribution in [1.29, 1.82) is 5.26 Å². The van der Waals surface area contributed by atoms with Crippen LogP contribution in [0.5, 0.6) is 0 Å². The van der Waals surface area contributed by atoms with Crippen molar-refractivity contribution >= 4 is 5.78 Å². The first kappa shape index (κ1) is 8.71. The van der Waals surface area contributed by atoms with Crippen LogP contribution in [0.4, 0.5) is 0 Å². The maximum absolute atomic E-state index is 11.3. The summed E-state index contributed by atoms with van der Waals surface area (Å²) >= 11 is 0. The maximum atomic E-state index is 11.3. The molecule has 70 valence electrons. The van der Waals surface area contributed by atoms with E-state index in [1.54, 1.807) is 0 Å². The molecule has 0 radical (unpaired) electrons. The van der Waals surface area contributed by atoms with E-state index in [0.29, 0.717) is 18.6 Å². The standard InChI is InChI=1S/C10H14N2O/c1-7-4-8(13)5-9(12-7)10(6-11)2-3-10/h7,9,12H,2-5H2,1H3. The molecule has 0 spiro atoms. The Morgan fingerprint density at radius 1 is 1.54 bits per heavy atom. The molecule has 1 N–H and O–H groups in total. The number of hydrogen-bond donors (Lipinski definition) is 1. The number of nitrogens with one attached hydrogen (secondary N) is 1. The van der Waals surface area contributed by atoms with Crippen LogP contribution in [0, 0.1) is 16.7 Å². The molecule has 0 amide bonds. The van der Waals surface area contributed by atoms with Gasteiger partial charge in [0.15, 0.2) is 0 Å². The zero-order valence-corrected chi connectivity index (χ0v) is 7.84. The number of rotatable bonds is 1. The molecular formula is C10H14N2O. The normalized spacial score (nSPS) is 36.8. The molecule has 0 aromatic rings. The highest BCUT2D eigenvalue weighted by atomic mass is 16.1. The first-order valence-electron chi connectivity index (χ1n) is 4.85. The Balaban J connectivity index is 2.08. The van der Waals surface area contributed by atoms with Crippen LogP contribution in [0.1, 0.15) is 32.6 Å². The van der Waals surface area contributed by atoms with Crippen molar-refractivity contribution in [3.63, 3.8) is 0 Å². The van der Waals surface area contributed by atoms with Crippen molar-refractivity contribution in [2.24, 2.45) is 5.41 Å². The van der Waals surface area contributed by atoms with Crippen LogP contribution in [0.2, 0.25) is 0 Å². The second-order valence-corrected chi connectivity index (χ2v) is 4.34. The Bertz CT molecular complexity index is 275. The molecule has 0 aromatic carbocycles. The predicted octanol–water partition coefficient (Wildman–Crippen LogP) is 1.000. The molecule has 2 aliphatic rings. The lowest BCUT2D eigenvalue weighted by molar-refractivity contribution is -0.121. The number of piperidine rings is 1. The summed E-state index contributed by atoms with van der Waals surface area (Å²) in [5.74, 6) is 0.303. The fourth-order valence-electron chi connectivity index (χ4n) is 2.14. The topological polar surface area (TPSA) is 52.9 Å². The minimum atomic E-state index is -0.204. The monoisotopic (exact) mass is 178 g/mol. The largest absolute Gasteiger partial charge is 0.309 e. The molecular weight excluding hydrogens is 164 g/mol. The van der Waals surface area contributed by atoms with Crippen molar-refractivity contribution < 1.29 is 4.79 Å². The molecule has 1 aliphatic heterocycles. The van der Waals surface area contributed by atoms with E-state index in [2.05, 4.69) is 11.4 Å². The molecule has 1 saturated heterocycles. The molecule has 2 unspecified atom stereocenters. The zero-order chi connectivity index (χ0) is 9.47. The Morgan fingerprint density at radius 3 is 2.69 bits per heavy atom. The van der Waals surface area contributed by atoms with E-state index >= 15 is 0 Å². The number of nitriles is 1. The fraction of sp³-hybridized carbons (Fsp3) is 0.800. The number of ketones is 1. The Kier molecular flexibility index (Phi) is 1.88. The predicted molar refractivity (Wildman–Crippen MR) is 47.9 cm³/mol. The number of nitrogens with zero attached hydrogens (tertiary/aromatic N) is 1. The van der Waals surface area contributed by atoms with Gasteiger partial charge in [-0.25, -0.2) is 0 Å². The average molecular weight is 178 g/mol. The SMILES string of the molecule is CC1CC(=O)CC(C2(C#N)CC2)N1. The summed E-state index contributed by atoms with van der Waals surface area (Å²) in [6.45, 7) is 2.01. The first-order valence-corrected chi connectivity index (χ1v) is 4.85. The summed E-state index contributed by atoms with van der Waals surface area (Å²) in [5.41, 5.74) is -0.204. The average Bonchev–Trinajstić information content (AvgIpc) is 2.82. The van der Waals surface area contributed by atoms with Gasteiger partial charge in [0.1, 0.15) is 5.78 Å². The van der Waals surface area contributed by atoms with Crippen molar-refractivity contribution in [2.75, 3.05) is 0 Å². The second kappa shape index (κ2) is 2.81. The van der Waals surface area contributed by atoms with Gasteiger partial charge in [0.05, 0.1) is 11.5 Å². The molecule has 2 fully saturated rings. The van der Waals surface area contributed by atoms with E-state index in [-0.39, 0.29) is 17.5 Å². The molecule has 13 heavy (non-hydrogen) atoms. The maximum Gasteiger partial charge on any atom is 0.136 e. The third-order valence-electron chi connectivity index (χ3n) is 3.13. The van der Waals surface area contributed by atoms with Crippen molar-refractivity contribution in [3.8, 4) is 6.07 Å². The Hall–Kier alpha value is -0.880. The highest BCUT2D eigenvalue weighted by Crippen LogP contribution is 2.49. The Morgan fingerprint density at radius 2 is 2.23 bits per heavy atom. The summed E-state index contributed by atoms with van der Waals surface area (Å²) in [6.07, 6.45) is 3.10. The molecule has 0 bridgehead atoms. The number of hydrogen-bond acceptors (Lipinski definition) is 3. The number of Topliss-reactive ketones (excluding diaryl/α,β-unsaturated/α-hetero) is 1. The number of carbonyl (C=O) groups is 1. The van der Waals surface area contributed by atoms with E-state index in [1.165, 1.54) is 0 Å². The van der Waals surface area contributed by atoms with Gasteiger partial charge >= 0.3 is 0 Å². The van der Waals surface area contributed by atoms with Crippen LogP contribution in [0.25, 0.3) is 0 Å². The lowest BCUT2D eigenvalue weighted by Gasteiger charge is -2.30. The van der Waals surface area contributed by atoms with Gasteiger partial charge in [-0.2, -0.15) is 5.26 Å². The minimum Gasteiger partial charge on any atom is -0.309 e. The van der Waals surface area contributed by atoms with Gasteiger partial charge in [-0.1, -0.05) is 0 Å². The van der Waals surface area contributed by atoms with Crippen molar-refractivity contribution in [3.05, 3.63) is 0 Å². The van der Waals surface area contributed by atoms with Gasteiger partial charge in [-0.05, 0) is 19.8 Å². The molecule has 1 aliphatic carbocycles. The van der Waals surface area contributed by atoms with Crippen LogP contribution in [-0.4, -0.2) is 17.9 Å². The van der Waals surface area contributed by atoms with E-state index in [9.17, 15) is 4.79 Å². The molecule has 3 heteroatoms. The van der Waals surface area contributed by atoms with Crippen LogP contribution >= 0.6 is 0 Å². The summed E-state index contributed by atoms with van der Waals surface area (Å²) in [7, 11) is 0. The van der Waals surface area contributed by atoms with E-state index < -0.39 is 0 Å². The Labute approximate surface area is 78.1 Å². The highest BCUT2D eigenvalue weighted by Gasteiger charge is 2.51. The van der Waals surface area contributed by atoms with Crippen LogP contribution in [0.15, 0.2) is 0 Å². The van der Waals surface area contributed by atoms with Gasteiger partial charge in [0, 0.05) is 24.9 Å². The quantitative estimate of drug-likeness (QED) is 0.651. The van der Waals surface area contributed by atoms with Gasteiger partial charge in [0.2, 0.25) is 0 Å². The second-order valence-electron chi connectivity index (χ2n) is 4.34. The summed E-state index contributed by atoms with van der Waals surface area (Å²) < 4.78 is 0. The molecule has 1 heterocycles. The fourth-order valence-corrected chi connectivity index (χ4v) is 2.14. The third-order valence-corrected chi connectivity index (χ3v) is 3.13. The highest BCUT2D eigenvalue weighted by molar-refractivity contribution is 5.80. The van der Waals surface area contributed by atoms with Crippen LogP contribution < -0.4 is 5.32 Å². The van der Waals surface area contributed by atoms with Crippen molar-refractivity contribution in [2.45, 2.75) is 44.7 Å². The van der Waals surface area contributed by atoms with E-state index in [0.717, 1.165) is 12.8 Å². The first-order chi connectivity index (χ1) is 6.16. The smallest absolute Gasteiger partial charge is 0.136 e. The van der Waals surface area contributed by atoms with Gasteiger partial charge in [0.25, 0.3) is 0 Å². The van der Waals surface area contributed by atoms with E-state index in [1.807, 2.05) is 6.92 Å². The molecule has 3 nitrogen and oxygen atoms in total. The molecule has 1 saturated carbocycles. The van der Waals surface area contributed by atoms with Gasteiger partial charge in [-0.3, -0.25) is 4.79 Å². The van der Waals surface area contributed by atoms with E-state index in [4.69, 9.17) is 5.26 Å². The zero-order valence-electron chi connectivity index (χ0n) is 7.84. The number of carbonyl (C=O) groups excluding carboxylic acids is 1. The van der Waals surface area contributed by atoms with Crippen molar-refractivity contribution in [1.82, 2.24) is 5.32 Å². The molecule has 0 aromatic heterocycles. The third kappa shape index (κ3) is 1.47. The van der Waals surface area contributed by atoms with Crippen LogP contribution in [-0.2, 0) is 4.79 Å². The van der Waals surface area contributed by atoms with Gasteiger partial charge in [-0.15, -0.1) is 0 Å². The summed E-state index contributed by atoms with van der Waals surface area (Å²) in [6, 6.07) is 2.72. The lowest BCUT2D eigenvalue weighted by Crippen LogP contribution is -2.48. The van der Waals surface area contributed by atoms with Crippen LogP contribution in [0.3, 0.4) is 0 Å². The molecule has 2 rings (SSSR count). The summed E-state index contributed by atoms with van der Waals surface area (Å²) in [5, 5.41) is 12.3. The molecule has 2 atom stereocenters. The summed E-state index contributed by atoms with van der Waals surface area (Å²) in [4.78, 5) is 11.3. The lowest BCUT2D eigenvalue weighted by atomic mass is 9.87. The van der Waals surface area contributed by atoms with Gasteiger partial charge < -0.3 is 5.32 Å². The minimum absolute atomic E-state index is 0.119.